The van der Waals surface area contributed by atoms with E-state index in [2.05, 4.69) is 48.1 Å². The Labute approximate surface area is 104 Å². The summed E-state index contributed by atoms with van der Waals surface area (Å²) in [6.45, 7) is 8.79. The van der Waals surface area contributed by atoms with Gasteiger partial charge >= 0.3 is 0 Å². The standard InChI is InChI=1S/C14H23N3/c1-4-15-14-8-7-12(10-16-14)13-6-5-9-17(13)11(2)3/h7-8,10-11,13H,4-6,9H2,1-3H3,(H,15,16)/t13-/m0/s1. The van der Waals surface area contributed by atoms with E-state index in [1.54, 1.807) is 0 Å². The molecule has 0 unspecified atom stereocenters. The van der Waals surface area contributed by atoms with Crippen LogP contribution in [0, 0.1) is 0 Å². The molecule has 3 heteroatoms. The van der Waals surface area contributed by atoms with Gasteiger partial charge in [0.2, 0.25) is 0 Å². The summed E-state index contributed by atoms with van der Waals surface area (Å²) < 4.78 is 0. The van der Waals surface area contributed by atoms with E-state index in [-0.39, 0.29) is 0 Å². The first-order valence-electron chi connectivity index (χ1n) is 6.68. The van der Waals surface area contributed by atoms with Crippen LogP contribution in [0.15, 0.2) is 18.3 Å². The molecule has 0 aromatic carbocycles. The third-order valence-electron chi connectivity index (χ3n) is 3.49. The molecule has 0 aliphatic carbocycles. The fourth-order valence-corrected chi connectivity index (χ4v) is 2.65. The van der Waals surface area contributed by atoms with Gasteiger partial charge in [-0.25, -0.2) is 4.98 Å². The summed E-state index contributed by atoms with van der Waals surface area (Å²) in [6.07, 6.45) is 4.60. The van der Waals surface area contributed by atoms with Crippen LogP contribution in [0.25, 0.3) is 0 Å². The number of anilines is 1. The van der Waals surface area contributed by atoms with Crippen molar-refractivity contribution in [2.75, 3.05) is 18.4 Å². The molecule has 1 aliphatic rings. The summed E-state index contributed by atoms with van der Waals surface area (Å²) >= 11 is 0. The summed E-state index contributed by atoms with van der Waals surface area (Å²) in [7, 11) is 0. The van der Waals surface area contributed by atoms with Crippen molar-refractivity contribution in [2.45, 2.75) is 45.7 Å². The van der Waals surface area contributed by atoms with Gasteiger partial charge in [-0.3, -0.25) is 4.90 Å². The first-order chi connectivity index (χ1) is 8.22. The maximum absolute atomic E-state index is 4.47. The molecular formula is C14H23N3. The van der Waals surface area contributed by atoms with Gasteiger partial charge in [-0.2, -0.15) is 0 Å². The minimum absolute atomic E-state index is 0.568. The molecule has 0 radical (unpaired) electrons. The van der Waals surface area contributed by atoms with Crippen molar-refractivity contribution >= 4 is 5.82 Å². The molecule has 3 nitrogen and oxygen atoms in total. The fourth-order valence-electron chi connectivity index (χ4n) is 2.65. The van der Waals surface area contributed by atoms with Gasteiger partial charge < -0.3 is 5.32 Å². The van der Waals surface area contributed by atoms with Crippen molar-refractivity contribution in [2.24, 2.45) is 0 Å². The van der Waals surface area contributed by atoms with Crippen molar-refractivity contribution < 1.29 is 0 Å². The lowest BCUT2D eigenvalue weighted by Crippen LogP contribution is -2.30. The Hall–Kier alpha value is -1.09. The van der Waals surface area contributed by atoms with Gasteiger partial charge in [0.25, 0.3) is 0 Å². The number of hydrogen-bond acceptors (Lipinski definition) is 3. The molecule has 0 saturated carbocycles. The minimum Gasteiger partial charge on any atom is -0.370 e. The first-order valence-corrected chi connectivity index (χ1v) is 6.68. The van der Waals surface area contributed by atoms with E-state index in [1.165, 1.54) is 24.9 Å². The maximum Gasteiger partial charge on any atom is 0.125 e. The highest BCUT2D eigenvalue weighted by Crippen LogP contribution is 2.33. The van der Waals surface area contributed by atoms with Crippen LogP contribution >= 0.6 is 0 Å². The number of aromatic nitrogens is 1. The Balaban J connectivity index is 2.11. The van der Waals surface area contributed by atoms with Crippen LogP contribution in [0.4, 0.5) is 5.82 Å². The molecule has 1 saturated heterocycles. The van der Waals surface area contributed by atoms with E-state index >= 15 is 0 Å². The third kappa shape index (κ3) is 2.78. The van der Waals surface area contributed by atoms with Gasteiger partial charge in [0.1, 0.15) is 5.82 Å². The number of pyridine rings is 1. The highest BCUT2D eigenvalue weighted by molar-refractivity contribution is 5.36. The Morgan fingerprint density at radius 3 is 2.88 bits per heavy atom. The highest BCUT2D eigenvalue weighted by Gasteiger charge is 2.27. The number of rotatable bonds is 4. The van der Waals surface area contributed by atoms with Gasteiger partial charge in [0, 0.05) is 24.8 Å². The molecule has 0 amide bonds. The average Bonchev–Trinajstić information content (AvgIpc) is 2.79. The molecule has 1 fully saturated rings. The van der Waals surface area contributed by atoms with Crippen LogP contribution < -0.4 is 5.32 Å². The number of nitrogens with one attached hydrogen (secondary N) is 1. The maximum atomic E-state index is 4.47. The number of nitrogens with zero attached hydrogens (tertiary/aromatic N) is 2. The molecule has 17 heavy (non-hydrogen) atoms. The van der Waals surface area contributed by atoms with Crippen molar-refractivity contribution in [3.05, 3.63) is 23.9 Å². The quantitative estimate of drug-likeness (QED) is 0.866. The molecule has 94 valence electrons. The lowest BCUT2D eigenvalue weighted by molar-refractivity contribution is 0.205. The summed E-state index contributed by atoms with van der Waals surface area (Å²) in [6, 6.07) is 5.50. The molecule has 1 atom stereocenters. The van der Waals surface area contributed by atoms with Crippen molar-refractivity contribution in [1.29, 1.82) is 0 Å². The van der Waals surface area contributed by atoms with Crippen LogP contribution in [0.3, 0.4) is 0 Å². The van der Waals surface area contributed by atoms with Crippen molar-refractivity contribution in [1.82, 2.24) is 9.88 Å². The van der Waals surface area contributed by atoms with E-state index in [0.29, 0.717) is 12.1 Å². The number of likely N-dealkylation sites (tertiary alicyclic amines) is 1. The largest absolute Gasteiger partial charge is 0.370 e. The summed E-state index contributed by atoms with van der Waals surface area (Å²) in [5.41, 5.74) is 1.36. The zero-order valence-corrected chi connectivity index (χ0v) is 11.1. The van der Waals surface area contributed by atoms with E-state index in [0.717, 1.165) is 12.4 Å². The first kappa shape index (κ1) is 12.4. The van der Waals surface area contributed by atoms with E-state index in [4.69, 9.17) is 0 Å². The van der Waals surface area contributed by atoms with E-state index in [9.17, 15) is 0 Å². The predicted molar refractivity (Wildman–Crippen MR) is 72.2 cm³/mol. The van der Waals surface area contributed by atoms with Crippen molar-refractivity contribution in [3.8, 4) is 0 Å². The van der Waals surface area contributed by atoms with Crippen LogP contribution in [-0.4, -0.2) is 29.0 Å². The minimum atomic E-state index is 0.568. The Morgan fingerprint density at radius 1 is 1.47 bits per heavy atom. The summed E-state index contributed by atoms with van der Waals surface area (Å²) in [5.74, 6) is 0.977. The van der Waals surface area contributed by atoms with Gasteiger partial charge in [-0.1, -0.05) is 6.07 Å². The monoisotopic (exact) mass is 233 g/mol. The lowest BCUT2D eigenvalue weighted by Gasteiger charge is -2.28. The zero-order chi connectivity index (χ0) is 12.3. The molecular weight excluding hydrogens is 210 g/mol. The Kier molecular flexibility index (Phi) is 4.00. The van der Waals surface area contributed by atoms with Gasteiger partial charge in [0.05, 0.1) is 0 Å². The van der Waals surface area contributed by atoms with Crippen LogP contribution in [0.1, 0.15) is 45.2 Å². The molecule has 1 aromatic rings. The molecule has 1 N–H and O–H groups in total. The Morgan fingerprint density at radius 2 is 2.29 bits per heavy atom. The van der Waals surface area contributed by atoms with Crippen LogP contribution in [0.5, 0.6) is 0 Å². The predicted octanol–water partition coefficient (Wildman–Crippen LogP) is 3.06. The van der Waals surface area contributed by atoms with Crippen LogP contribution in [-0.2, 0) is 0 Å². The van der Waals surface area contributed by atoms with E-state index in [1.807, 2.05) is 6.20 Å². The smallest absolute Gasteiger partial charge is 0.125 e. The average molecular weight is 233 g/mol. The molecule has 0 spiro atoms. The van der Waals surface area contributed by atoms with Gasteiger partial charge in [0.15, 0.2) is 0 Å². The molecule has 2 heterocycles. The highest BCUT2D eigenvalue weighted by atomic mass is 15.2. The molecule has 0 bridgehead atoms. The Bertz CT molecular complexity index is 345. The topological polar surface area (TPSA) is 28.2 Å². The molecule has 1 aliphatic heterocycles. The lowest BCUT2D eigenvalue weighted by atomic mass is 10.1. The van der Waals surface area contributed by atoms with Gasteiger partial charge in [-0.15, -0.1) is 0 Å². The molecule has 2 rings (SSSR count). The fraction of sp³-hybridized carbons (Fsp3) is 0.643. The van der Waals surface area contributed by atoms with E-state index < -0.39 is 0 Å². The second kappa shape index (κ2) is 5.50. The van der Waals surface area contributed by atoms with Crippen LogP contribution in [0.2, 0.25) is 0 Å². The molecule has 1 aromatic heterocycles. The third-order valence-corrected chi connectivity index (χ3v) is 3.49. The second-order valence-electron chi connectivity index (χ2n) is 5.00. The normalized spacial score (nSPS) is 21.1. The second-order valence-corrected chi connectivity index (χ2v) is 5.00. The van der Waals surface area contributed by atoms with Crippen molar-refractivity contribution in [3.63, 3.8) is 0 Å². The van der Waals surface area contributed by atoms with Gasteiger partial charge in [-0.05, 0) is 51.8 Å². The summed E-state index contributed by atoms with van der Waals surface area (Å²) in [5, 5.41) is 3.23. The number of hydrogen-bond donors (Lipinski definition) is 1. The zero-order valence-electron chi connectivity index (χ0n) is 11.1. The SMILES string of the molecule is CCNc1ccc([C@@H]2CCCN2C(C)C)cn1. The summed E-state index contributed by atoms with van der Waals surface area (Å²) in [4.78, 5) is 7.04.